The number of amides is 2. The van der Waals surface area contributed by atoms with Gasteiger partial charge in [0.25, 0.3) is 5.91 Å². The van der Waals surface area contributed by atoms with Crippen molar-refractivity contribution < 1.29 is 14.3 Å². The highest BCUT2D eigenvalue weighted by atomic mass is 35.5. The number of halogens is 1. The van der Waals surface area contributed by atoms with Gasteiger partial charge in [0.05, 0.1) is 11.6 Å². The molecule has 0 radical (unpaired) electrons. The van der Waals surface area contributed by atoms with E-state index >= 15 is 0 Å². The molecule has 0 bridgehead atoms. The Balaban J connectivity index is 1.50. The molecule has 3 aromatic rings. The van der Waals surface area contributed by atoms with Gasteiger partial charge in [-0.3, -0.25) is 25.8 Å². The molecule has 2 aromatic carbocycles. The van der Waals surface area contributed by atoms with Gasteiger partial charge >= 0.3 is 0 Å². The minimum Gasteiger partial charge on any atom is -0.494 e. The molecule has 30 heavy (non-hydrogen) atoms. The number of nitrogens with one attached hydrogen (secondary N) is 3. The van der Waals surface area contributed by atoms with Gasteiger partial charge in [0.2, 0.25) is 5.91 Å². The molecule has 0 saturated heterocycles. The second-order valence-corrected chi connectivity index (χ2v) is 7.81. The normalized spacial score (nSPS) is 10.7. The number of hydrogen-bond donors (Lipinski definition) is 3. The van der Waals surface area contributed by atoms with Crippen LogP contribution < -0.4 is 20.9 Å². The summed E-state index contributed by atoms with van der Waals surface area (Å²) >= 11 is 12.6. The summed E-state index contributed by atoms with van der Waals surface area (Å²) in [6.07, 6.45) is 2.98. The lowest BCUT2D eigenvalue weighted by molar-refractivity contribution is -0.115. The molecule has 0 aliphatic rings. The summed E-state index contributed by atoms with van der Waals surface area (Å²) in [5, 5.41) is 3.60. The van der Waals surface area contributed by atoms with Crippen LogP contribution in [0.2, 0.25) is 5.02 Å². The van der Waals surface area contributed by atoms with Crippen LogP contribution >= 0.6 is 35.2 Å². The summed E-state index contributed by atoms with van der Waals surface area (Å²) in [5.41, 5.74) is 5.78. The molecule has 1 aromatic heterocycles. The van der Waals surface area contributed by atoms with Crippen LogP contribution in [-0.4, -0.2) is 23.5 Å². The molecule has 154 valence electrons. The van der Waals surface area contributed by atoms with E-state index in [2.05, 4.69) is 16.2 Å². The zero-order valence-corrected chi connectivity index (χ0v) is 18.3. The number of thiocarbonyl (C=S) groups is 1. The van der Waals surface area contributed by atoms with E-state index < -0.39 is 11.8 Å². The first-order valence-electron chi connectivity index (χ1n) is 8.97. The zero-order valence-electron chi connectivity index (χ0n) is 15.9. The van der Waals surface area contributed by atoms with Crippen LogP contribution in [0.5, 0.6) is 5.75 Å². The van der Waals surface area contributed by atoms with Crippen LogP contribution in [0.3, 0.4) is 0 Å². The highest BCUT2D eigenvalue weighted by Gasteiger charge is 2.17. The molecule has 9 heteroatoms. The summed E-state index contributed by atoms with van der Waals surface area (Å²) in [7, 11) is 0. The van der Waals surface area contributed by atoms with Crippen LogP contribution in [0.25, 0.3) is 16.2 Å². The van der Waals surface area contributed by atoms with Gasteiger partial charge < -0.3 is 4.74 Å². The van der Waals surface area contributed by atoms with Gasteiger partial charge in [-0.1, -0.05) is 41.9 Å². The SMILES string of the molecule is CCOc1ccc(/C=C/C(=O)NC(=S)NNC(=O)c2sc3ccccc3c2Cl)cc1. The molecule has 0 saturated carbocycles. The van der Waals surface area contributed by atoms with Crippen molar-refractivity contribution in [2.45, 2.75) is 6.92 Å². The number of carbonyl (C=O) groups excluding carboxylic acids is 2. The van der Waals surface area contributed by atoms with Crippen molar-refractivity contribution in [1.29, 1.82) is 0 Å². The summed E-state index contributed by atoms with van der Waals surface area (Å²) < 4.78 is 6.28. The largest absolute Gasteiger partial charge is 0.494 e. The predicted molar refractivity (Wildman–Crippen MR) is 125 cm³/mol. The average Bonchev–Trinajstić information content (AvgIpc) is 3.09. The number of fused-ring (bicyclic) bond motifs is 1. The topological polar surface area (TPSA) is 79.5 Å². The molecule has 0 unspecified atom stereocenters. The maximum Gasteiger partial charge on any atom is 0.281 e. The Bertz CT molecular complexity index is 1110. The lowest BCUT2D eigenvalue weighted by Crippen LogP contribution is -2.48. The smallest absolute Gasteiger partial charge is 0.281 e. The van der Waals surface area contributed by atoms with Gasteiger partial charge in [-0.15, -0.1) is 11.3 Å². The van der Waals surface area contributed by atoms with Crippen LogP contribution in [-0.2, 0) is 4.79 Å². The third-order valence-electron chi connectivity index (χ3n) is 3.89. The van der Waals surface area contributed by atoms with E-state index in [1.165, 1.54) is 17.4 Å². The van der Waals surface area contributed by atoms with Crippen LogP contribution in [0.4, 0.5) is 0 Å². The second-order valence-electron chi connectivity index (χ2n) is 5.97. The lowest BCUT2D eigenvalue weighted by atomic mass is 10.2. The number of thiophene rings is 1. The van der Waals surface area contributed by atoms with Crippen molar-refractivity contribution >= 4 is 68.2 Å². The van der Waals surface area contributed by atoms with E-state index in [-0.39, 0.29) is 5.11 Å². The fraction of sp³-hybridized carbons (Fsp3) is 0.0952. The summed E-state index contributed by atoms with van der Waals surface area (Å²) in [6, 6.07) is 14.8. The fourth-order valence-electron chi connectivity index (χ4n) is 2.53. The van der Waals surface area contributed by atoms with Crippen molar-refractivity contribution in [1.82, 2.24) is 16.2 Å². The van der Waals surface area contributed by atoms with Crippen molar-refractivity contribution in [2.75, 3.05) is 6.61 Å². The maximum absolute atomic E-state index is 12.4. The number of carbonyl (C=O) groups is 2. The highest BCUT2D eigenvalue weighted by Crippen LogP contribution is 2.34. The van der Waals surface area contributed by atoms with E-state index in [9.17, 15) is 9.59 Å². The molecule has 6 nitrogen and oxygen atoms in total. The number of ether oxygens (including phenoxy) is 1. The molecular formula is C21H18ClN3O3S2. The molecule has 0 aliphatic carbocycles. The first kappa shape index (κ1) is 21.8. The zero-order chi connectivity index (χ0) is 21.5. The third kappa shape index (κ3) is 5.56. The molecule has 3 rings (SSSR count). The Morgan fingerprint density at radius 2 is 1.87 bits per heavy atom. The first-order valence-corrected chi connectivity index (χ1v) is 10.6. The summed E-state index contributed by atoms with van der Waals surface area (Å²) in [6.45, 7) is 2.50. The quantitative estimate of drug-likeness (QED) is 0.301. The monoisotopic (exact) mass is 459 g/mol. The lowest BCUT2D eigenvalue weighted by Gasteiger charge is -2.09. The van der Waals surface area contributed by atoms with Gasteiger partial charge in [-0.2, -0.15) is 0 Å². The Kier molecular flexibility index (Phi) is 7.40. The summed E-state index contributed by atoms with van der Waals surface area (Å²) in [4.78, 5) is 24.7. The van der Waals surface area contributed by atoms with Gasteiger partial charge in [0.1, 0.15) is 10.6 Å². The number of hydrazine groups is 1. The van der Waals surface area contributed by atoms with Crippen molar-refractivity contribution in [3.8, 4) is 5.75 Å². The van der Waals surface area contributed by atoms with Gasteiger partial charge in [0, 0.05) is 16.2 Å². The molecule has 0 fully saturated rings. The fourth-order valence-corrected chi connectivity index (χ4v) is 4.09. The minimum atomic E-state index is -0.442. The van der Waals surface area contributed by atoms with Crippen molar-refractivity contribution in [2.24, 2.45) is 0 Å². The second kappa shape index (κ2) is 10.2. The molecule has 0 atom stereocenters. The molecule has 0 aliphatic heterocycles. The standard InChI is InChI=1S/C21H18ClN3O3S2/c1-2-28-14-10-7-13(8-11-14)9-12-17(26)23-21(29)25-24-20(27)19-18(22)15-5-3-4-6-16(15)30-19/h3-12H,2H2,1H3,(H,24,27)(H2,23,25,26,29)/b12-9+. The van der Waals surface area contributed by atoms with Gasteiger partial charge in [-0.05, 0) is 49.0 Å². The molecular weight excluding hydrogens is 442 g/mol. The summed E-state index contributed by atoms with van der Waals surface area (Å²) in [5.74, 6) is -0.114. The highest BCUT2D eigenvalue weighted by molar-refractivity contribution is 7.80. The van der Waals surface area contributed by atoms with E-state index in [4.69, 9.17) is 28.6 Å². The van der Waals surface area contributed by atoms with Gasteiger partial charge in [-0.25, -0.2) is 0 Å². The van der Waals surface area contributed by atoms with Crippen molar-refractivity contribution in [3.05, 3.63) is 70.1 Å². The Labute approximate surface area is 187 Å². The number of benzene rings is 2. The Morgan fingerprint density at radius 1 is 1.13 bits per heavy atom. The third-order valence-corrected chi connectivity index (χ3v) is 5.76. The van der Waals surface area contributed by atoms with E-state index in [1.54, 1.807) is 6.08 Å². The minimum absolute atomic E-state index is 0.0399. The first-order chi connectivity index (χ1) is 14.5. The predicted octanol–water partition coefficient (Wildman–Crippen LogP) is 4.30. The van der Waals surface area contributed by atoms with Crippen LogP contribution in [0.1, 0.15) is 22.2 Å². The van der Waals surface area contributed by atoms with E-state index in [0.717, 1.165) is 21.4 Å². The molecule has 2 amide bonds. The molecule has 0 spiro atoms. The molecule has 3 N–H and O–H groups in total. The number of rotatable bonds is 5. The number of hydrogen-bond acceptors (Lipinski definition) is 5. The average molecular weight is 460 g/mol. The van der Waals surface area contributed by atoms with E-state index in [0.29, 0.717) is 16.5 Å². The van der Waals surface area contributed by atoms with Crippen LogP contribution in [0, 0.1) is 0 Å². The van der Waals surface area contributed by atoms with E-state index in [1.807, 2.05) is 55.5 Å². The Hall–Kier alpha value is -2.94. The van der Waals surface area contributed by atoms with Gasteiger partial charge in [0.15, 0.2) is 5.11 Å². The maximum atomic E-state index is 12.4. The Morgan fingerprint density at radius 3 is 2.57 bits per heavy atom. The van der Waals surface area contributed by atoms with Crippen molar-refractivity contribution in [3.63, 3.8) is 0 Å². The van der Waals surface area contributed by atoms with Crippen LogP contribution in [0.15, 0.2) is 54.6 Å². The molecule has 1 heterocycles.